The van der Waals surface area contributed by atoms with Gasteiger partial charge in [0.15, 0.2) is 0 Å². The van der Waals surface area contributed by atoms with E-state index in [2.05, 4.69) is 21.6 Å². The summed E-state index contributed by atoms with van der Waals surface area (Å²) in [6.07, 6.45) is 5.69. The Balaban J connectivity index is 1.34. The van der Waals surface area contributed by atoms with E-state index in [0.29, 0.717) is 30.6 Å². The normalized spacial score (nSPS) is 30.1. The molecule has 4 heterocycles. The van der Waals surface area contributed by atoms with Crippen molar-refractivity contribution in [2.45, 2.75) is 69.7 Å². The molecular weight excluding hydrogens is 368 g/mol. The molecule has 0 aliphatic carbocycles. The number of carbonyl (C=O) groups is 3. The topological polar surface area (TPSA) is 81.8 Å². The van der Waals surface area contributed by atoms with Crippen LogP contribution in [0.2, 0.25) is 0 Å². The lowest BCUT2D eigenvalue weighted by Gasteiger charge is -2.30. The fraction of sp³-hybridized carbons (Fsp3) is 0.591. The quantitative estimate of drug-likeness (QED) is 0.750. The van der Waals surface area contributed by atoms with Gasteiger partial charge in [-0.25, -0.2) is 0 Å². The van der Waals surface area contributed by atoms with Gasteiger partial charge < -0.3 is 10.2 Å². The Morgan fingerprint density at radius 2 is 1.90 bits per heavy atom. The van der Waals surface area contributed by atoms with Crippen LogP contribution in [0.1, 0.15) is 60.0 Å². The summed E-state index contributed by atoms with van der Waals surface area (Å²) in [6, 6.07) is 6.59. The van der Waals surface area contributed by atoms with Crippen LogP contribution in [0, 0.1) is 0 Å². The van der Waals surface area contributed by atoms with Crippen LogP contribution in [0.4, 0.5) is 0 Å². The van der Waals surface area contributed by atoms with Crippen molar-refractivity contribution in [1.29, 1.82) is 0 Å². The van der Waals surface area contributed by atoms with Crippen LogP contribution in [0.15, 0.2) is 18.2 Å². The maximum absolute atomic E-state index is 13.0. The zero-order chi connectivity index (χ0) is 20.0. The molecule has 3 fully saturated rings. The molecule has 7 nitrogen and oxygen atoms in total. The van der Waals surface area contributed by atoms with Crippen LogP contribution in [0.25, 0.3) is 0 Å². The first kappa shape index (κ1) is 18.8. The molecule has 2 N–H and O–H groups in total. The van der Waals surface area contributed by atoms with E-state index in [1.54, 1.807) is 4.90 Å². The maximum Gasteiger partial charge on any atom is 0.255 e. The van der Waals surface area contributed by atoms with Crippen molar-refractivity contribution >= 4 is 17.7 Å². The van der Waals surface area contributed by atoms with Gasteiger partial charge in [-0.05, 0) is 42.9 Å². The van der Waals surface area contributed by atoms with Gasteiger partial charge in [0.2, 0.25) is 11.8 Å². The molecule has 2 bridgehead atoms. The minimum atomic E-state index is -0.554. The average molecular weight is 396 g/mol. The number of fused-ring (bicyclic) bond motifs is 3. The number of benzene rings is 1. The summed E-state index contributed by atoms with van der Waals surface area (Å²) in [5.41, 5.74) is 2.93. The fourth-order valence-electron chi connectivity index (χ4n) is 5.41. The number of rotatable bonds is 3. The molecule has 29 heavy (non-hydrogen) atoms. The molecule has 3 atom stereocenters. The SMILES string of the molecule is O=C1CCC(N2Cc3c(CN4CCC5CCCC(C4)N5)cccc3C2=O)C(=O)N1. The molecule has 4 aliphatic rings. The lowest BCUT2D eigenvalue weighted by Crippen LogP contribution is -2.52. The highest BCUT2D eigenvalue weighted by Crippen LogP contribution is 2.31. The van der Waals surface area contributed by atoms with Crippen LogP contribution in [-0.2, 0) is 22.7 Å². The van der Waals surface area contributed by atoms with E-state index in [-0.39, 0.29) is 24.1 Å². The second-order valence-corrected chi connectivity index (χ2v) is 8.86. The highest BCUT2D eigenvalue weighted by molar-refractivity contribution is 6.05. The van der Waals surface area contributed by atoms with Gasteiger partial charge in [-0.1, -0.05) is 18.6 Å². The predicted molar refractivity (Wildman–Crippen MR) is 107 cm³/mol. The lowest BCUT2D eigenvalue weighted by atomic mass is 9.98. The van der Waals surface area contributed by atoms with Gasteiger partial charge in [-0.3, -0.25) is 24.6 Å². The average Bonchev–Trinajstić information content (AvgIpc) is 2.97. The minimum absolute atomic E-state index is 0.0928. The molecule has 154 valence electrons. The molecule has 3 unspecified atom stereocenters. The van der Waals surface area contributed by atoms with Crippen LogP contribution in [0.3, 0.4) is 0 Å². The van der Waals surface area contributed by atoms with E-state index < -0.39 is 6.04 Å². The second kappa shape index (κ2) is 7.54. The van der Waals surface area contributed by atoms with Crippen LogP contribution in [0.5, 0.6) is 0 Å². The monoisotopic (exact) mass is 396 g/mol. The van der Waals surface area contributed by atoms with Crippen molar-refractivity contribution in [3.05, 3.63) is 34.9 Å². The fourth-order valence-corrected chi connectivity index (χ4v) is 5.41. The van der Waals surface area contributed by atoms with Crippen molar-refractivity contribution in [1.82, 2.24) is 20.4 Å². The largest absolute Gasteiger partial charge is 0.322 e. The molecule has 0 aromatic heterocycles. The number of amides is 3. The van der Waals surface area contributed by atoms with Gasteiger partial charge in [-0.15, -0.1) is 0 Å². The van der Waals surface area contributed by atoms with Gasteiger partial charge in [0.25, 0.3) is 5.91 Å². The predicted octanol–water partition coefficient (Wildman–Crippen LogP) is 1.16. The molecule has 0 radical (unpaired) electrons. The number of nitrogens with one attached hydrogen (secondary N) is 2. The molecular formula is C22H28N4O3. The number of carbonyl (C=O) groups excluding carboxylic acids is 3. The Labute approximate surface area is 170 Å². The molecule has 1 aromatic rings. The van der Waals surface area contributed by atoms with Crippen LogP contribution in [-0.4, -0.2) is 58.7 Å². The molecule has 0 saturated carbocycles. The van der Waals surface area contributed by atoms with E-state index in [1.807, 2.05) is 12.1 Å². The van der Waals surface area contributed by atoms with E-state index in [9.17, 15) is 14.4 Å². The number of nitrogens with zero attached hydrogens (tertiary/aromatic N) is 2. The molecule has 4 aliphatic heterocycles. The summed E-state index contributed by atoms with van der Waals surface area (Å²) in [6.45, 7) is 3.41. The first-order chi connectivity index (χ1) is 14.1. The van der Waals surface area contributed by atoms with Crippen molar-refractivity contribution in [3.8, 4) is 0 Å². The lowest BCUT2D eigenvalue weighted by molar-refractivity contribution is -0.136. The minimum Gasteiger partial charge on any atom is -0.322 e. The first-order valence-electron chi connectivity index (χ1n) is 10.8. The van der Waals surface area contributed by atoms with Crippen molar-refractivity contribution in [2.75, 3.05) is 13.1 Å². The number of imide groups is 1. The standard InChI is InChI=1S/C22H28N4O3/c27-20-8-7-19(21(28)24-20)26-13-18-14(3-1-6-17(18)22(26)29)11-25-10-9-15-4-2-5-16(12-25)23-15/h1,3,6,15-16,19,23H,2,4-5,7-13H2,(H,24,27,28). The van der Waals surface area contributed by atoms with Gasteiger partial charge in [0.05, 0.1) is 0 Å². The third-order valence-corrected chi connectivity index (χ3v) is 6.92. The Kier molecular flexibility index (Phi) is 4.87. The molecule has 1 aromatic carbocycles. The van der Waals surface area contributed by atoms with E-state index in [1.165, 1.54) is 31.2 Å². The molecule has 0 spiro atoms. The number of piperidine rings is 2. The van der Waals surface area contributed by atoms with Gasteiger partial charge in [0, 0.05) is 50.2 Å². The van der Waals surface area contributed by atoms with E-state index in [0.717, 1.165) is 25.2 Å². The van der Waals surface area contributed by atoms with Crippen LogP contribution < -0.4 is 10.6 Å². The summed E-state index contributed by atoms with van der Waals surface area (Å²) >= 11 is 0. The Bertz CT molecular complexity index is 854. The Hall–Kier alpha value is -2.25. The maximum atomic E-state index is 13.0. The highest BCUT2D eigenvalue weighted by Gasteiger charge is 2.40. The number of hydrogen-bond donors (Lipinski definition) is 2. The van der Waals surface area contributed by atoms with Gasteiger partial charge >= 0.3 is 0 Å². The smallest absolute Gasteiger partial charge is 0.255 e. The summed E-state index contributed by atoms with van der Waals surface area (Å²) in [5, 5.41) is 6.15. The van der Waals surface area contributed by atoms with Gasteiger partial charge in [-0.2, -0.15) is 0 Å². The zero-order valence-electron chi connectivity index (χ0n) is 16.7. The van der Waals surface area contributed by atoms with Crippen molar-refractivity contribution in [2.24, 2.45) is 0 Å². The summed E-state index contributed by atoms with van der Waals surface area (Å²) in [7, 11) is 0. The third-order valence-electron chi connectivity index (χ3n) is 6.92. The second-order valence-electron chi connectivity index (χ2n) is 8.86. The summed E-state index contributed by atoms with van der Waals surface area (Å²) in [5.74, 6) is -0.698. The molecule has 5 rings (SSSR count). The Morgan fingerprint density at radius 1 is 1.03 bits per heavy atom. The highest BCUT2D eigenvalue weighted by atomic mass is 16.2. The molecule has 3 saturated heterocycles. The van der Waals surface area contributed by atoms with Gasteiger partial charge in [0.1, 0.15) is 6.04 Å². The third kappa shape index (κ3) is 3.57. The summed E-state index contributed by atoms with van der Waals surface area (Å²) < 4.78 is 0. The van der Waals surface area contributed by atoms with Crippen molar-refractivity contribution < 1.29 is 14.4 Å². The zero-order valence-corrected chi connectivity index (χ0v) is 16.7. The van der Waals surface area contributed by atoms with Crippen LogP contribution >= 0.6 is 0 Å². The Morgan fingerprint density at radius 3 is 2.76 bits per heavy atom. The van der Waals surface area contributed by atoms with Crippen molar-refractivity contribution in [3.63, 3.8) is 0 Å². The summed E-state index contributed by atoms with van der Waals surface area (Å²) in [4.78, 5) is 40.9. The first-order valence-corrected chi connectivity index (χ1v) is 10.8. The van der Waals surface area contributed by atoms with E-state index >= 15 is 0 Å². The molecule has 3 amide bonds. The molecule has 7 heteroatoms. The number of hydrogen-bond acceptors (Lipinski definition) is 5. The van der Waals surface area contributed by atoms with E-state index in [4.69, 9.17) is 0 Å².